The number of nitrogens with one attached hydrogen (secondary N) is 1. The quantitative estimate of drug-likeness (QED) is 0.815. The van der Waals surface area contributed by atoms with E-state index in [9.17, 15) is 0 Å². The Hall–Kier alpha value is 0.270. The maximum Gasteiger partial charge on any atom is 0.0154 e. The molecule has 16 heavy (non-hydrogen) atoms. The predicted octanol–water partition coefficient (Wildman–Crippen LogP) is 2.35. The molecule has 0 aromatic heterocycles. The van der Waals surface area contributed by atoms with Crippen molar-refractivity contribution in [2.24, 2.45) is 0 Å². The Labute approximate surface area is 105 Å². The van der Waals surface area contributed by atoms with Gasteiger partial charge in [-0.3, -0.25) is 4.90 Å². The molecule has 0 saturated carbocycles. The summed E-state index contributed by atoms with van der Waals surface area (Å²) in [5, 5.41) is 4.36. The zero-order valence-electron chi connectivity index (χ0n) is 10.8. The normalized spacial score (nSPS) is 27.4. The number of hydrogen-bond donors (Lipinski definition) is 1. The van der Waals surface area contributed by atoms with Crippen molar-refractivity contribution >= 4 is 11.8 Å². The number of hydrogen-bond acceptors (Lipinski definition) is 3. The first-order valence-corrected chi connectivity index (χ1v) is 7.81. The molecule has 0 unspecified atom stereocenters. The van der Waals surface area contributed by atoms with Gasteiger partial charge in [-0.25, -0.2) is 0 Å². The molecule has 1 N–H and O–H groups in total. The van der Waals surface area contributed by atoms with Gasteiger partial charge in [0.15, 0.2) is 0 Å². The Morgan fingerprint density at radius 3 is 2.69 bits per heavy atom. The fourth-order valence-electron chi connectivity index (χ4n) is 2.87. The van der Waals surface area contributed by atoms with Crippen LogP contribution in [0.25, 0.3) is 0 Å². The highest BCUT2D eigenvalue weighted by Gasteiger charge is 2.31. The number of likely N-dealkylation sites (tertiary alicyclic amines) is 1. The molecule has 2 rings (SSSR count). The van der Waals surface area contributed by atoms with E-state index >= 15 is 0 Å². The van der Waals surface area contributed by atoms with Crippen molar-refractivity contribution in [3.63, 3.8) is 0 Å². The molecule has 2 aliphatic heterocycles. The summed E-state index contributed by atoms with van der Waals surface area (Å²) in [6, 6.07) is 0. The first kappa shape index (κ1) is 12.7. The smallest absolute Gasteiger partial charge is 0.0154 e. The molecular formula is C13H26N2S. The minimum Gasteiger partial charge on any atom is -0.317 e. The van der Waals surface area contributed by atoms with Gasteiger partial charge in [-0.2, -0.15) is 11.8 Å². The Bertz CT molecular complexity index is 212. The van der Waals surface area contributed by atoms with Gasteiger partial charge in [0, 0.05) is 23.1 Å². The summed E-state index contributed by atoms with van der Waals surface area (Å²) in [5.74, 6) is 1.33. The highest BCUT2D eigenvalue weighted by atomic mass is 32.2. The van der Waals surface area contributed by atoms with E-state index in [-0.39, 0.29) is 0 Å². The van der Waals surface area contributed by atoms with Crippen LogP contribution in [-0.2, 0) is 0 Å². The molecule has 2 fully saturated rings. The first-order valence-electron chi connectivity index (χ1n) is 6.76. The third-order valence-electron chi connectivity index (χ3n) is 4.07. The van der Waals surface area contributed by atoms with Crippen LogP contribution in [-0.4, -0.2) is 47.6 Å². The van der Waals surface area contributed by atoms with Crippen molar-refractivity contribution in [1.29, 1.82) is 0 Å². The molecule has 0 spiro atoms. The SMILES string of the molecule is CC1(C)CCCN1CCSC1CCNCC1. The Morgan fingerprint density at radius 1 is 1.31 bits per heavy atom. The summed E-state index contributed by atoms with van der Waals surface area (Å²) < 4.78 is 0. The van der Waals surface area contributed by atoms with E-state index in [0.29, 0.717) is 5.54 Å². The zero-order chi connectivity index (χ0) is 11.4. The van der Waals surface area contributed by atoms with Gasteiger partial charge in [0.2, 0.25) is 0 Å². The third-order valence-corrected chi connectivity index (χ3v) is 5.43. The lowest BCUT2D eigenvalue weighted by Crippen LogP contribution is -2.39. The van der Waals surface area contributed by atoms with E-state index in [0.717, 1.165) is 5.25 Å². The van der Waals surface area contributed by atoms with Crippen molar-refractivity contribution in [3.05, 3.63) is 0 Å². The Morgan fingerprint density at radius 2 is 2.06 bits per heavy atom. The second-order valence-corrected chi connectivity index (χ2v) is 7.13. The predicted molar refractivity (Wildman–Crippen MR) is 73.2 cm³/mol. The molecule has 0 atom stereocenters. The Kier molecular flexibility index (Phi) is 4.57. The van der Waals surface area contributed by atoms with Gasteiger partial charge < -0.3 is 5.32 Å². The molecule has 2 aliphatic rings. The second kappa shape index (κ2) is 5.74. The lowest BCUT2D eigenvalue weighted by Gasteiger charge is -2.32. The fourth-order valence-corrected chi connectivity index (χ4v) is 4.10. The number of piperidine rings is 1. The van der Waals surface area contributed by atoms with Crippen molar-refractivity contribution in [1.82, 2.24) is 10.2 Å². The molecule has 94 valence electrons. The van der Waals surface area contributed by atoms with Crippen LogP contribution in [0.5, 0.6) is 0 Å². The van der Waals surface area contributed by atoms with Crippen LogP contribution in [0.2, 0.25) is 0 Å². The van der Waals surface area contributed by atoms with E-state index < -0.39 is 0 Å². The average Bonchev–Trinajstić information content (AvgIpc) is 2.60. The van der Waals surface area contributed by atoms with Crippen molar-refractivity contribution < 1.29 is 0 Å². The summed E-state index contributed by atoms with van der Waals surface area (Å²) >= 11 is 2.20. The molecule has 2 saturated heterocycles. The number of rotatable bonds is 4. The lowest BCUT2D eigenvalue weighted by molar-refractivity contribution is 0.186. The molecule has 3 heteroatoms. The maximum atomic E-state index is 3.44. The van der Waals surface area contributed by atoms with Gasteiger partial charge in [-0.15, -0.1) is 0 Å². The van der Waals surface area contributed by atoms with Crippen LogP contribution >= 0.6 is 11.8 Å². The minimum absolute atomic E-state index is 0.467. The van der Waals surface area contributed by atoms with Gasteiger partial charge >= 0.3 is 0 Å². The number of thioether (sulfide) groups is 1. The molecule has 2 heterocycles. The third kappa shape index (κ3) is 3.38. The van der Waals surface area contributed by atoms with Crippen molar-refractivity contribution in [3.8, 4) is 0 Å². The minimum atomic E-state index is 0.467. The van der Waals surface area contributed by atoms with Gasteiger partial charge in [0.25, 0.3) is 0 Å². The standard InChI is InChI=1S/C13H26N2S/c1-13(2)6-3-9-15(13)10-11-16-12-4-7-14-8-5-12/h12,14H,3-11H2,1-2H3. The maximum absolute atomic E-state index is 3.44. The van der Waals surface area contributed by atoms with Gasteiger partial charge in [-0.05, 0) is 59.2 Å². The van der Waals surface area contributed by atoms with E-state index in [1.165, 1.54) is 57.6 Å². The van der Waals surface area contributed by atoms with Crippen LogP contribution < -0.4 is 5.32 Å². The van der Waals surface area contributed by atoms with Crippen molar-refractivity contribution in [2.75, 3.05) is 31.9 Å². The molecule has 0 aromatic rings. The molecule has 0 amide bonds. The Balaban J connectivity index is 1.63. The van der Waals surface area contributed by atoms with Crippen molar-refractivity contribution in [2.45, 2.75) is 50.3 Å². The first-order chi connectivity index (χ1) is 7.68. The highest BCUT2D eigenvalue weighted by Crippen LogP contribution is 2.29. The van der Waals surface area contributed by atoms with E-state index in [2.05, 4.69) is 35.8 Å². The average molecular weight is 242 g/mol. The largest absolute Gasteiger partial charge is 0.317 e. The summed E-state index contributed by atoms with van der Waals surface area (Å²) in [7, 11) is 0. The molecule has 0 aliphatic carbocycles. The molecule has 0 aromatic carbocycles. The summed E-state index contributed by atoms with van der Waals surface area (Å²) in [6.07, 6.45) is 5.51. The van der Waals surface area contributed by atoms with E-state index in [1.54, 1.807) is 0 Å². The van der Waals surface area contributed by atoms with Gasteiger partial charge in [-0.1, -0.05) is 0 Å². The molecule has 0 bridgehead atoms. The monoisotopic (exact) mass is 242 g/mol. The summed E-state index contributed by atoms with van der Waals surface area (Å²) in [5.41, 5.74) is 0.467. The summed E-state index contributed by atoms with van der Waals surface area (Å²) in [6.45, 7) is 9.87. The van der Waals surface area contributed by atoms with Crippen LogP contribution in [0.4, 0.5) is 0 Å². The zero-order valence-corrected chi connectivity index (χ0v) is 11.6. The lowest BCUT2D eigenvalue weighted by atomic mass is 10.0. The van der Waals surface area contributed by atoms with Gasteiger partial charge in [0.05, 0.1) is 0 Å². The topological polar surface area (TPSA) is 15.3 Å². The molecule has 0 radical (unpaired) electrons. The van der Waals surface area contributed by atoms with Crippen LogP contribution in [0.3, 0.4) is 0 Å². The molecule has 2 nitrogen and oxygen atoms in total. The van der Waals surface area contributed by atoms with Crippen LogP contribution in [0.1, 0.15) is 39.5 Å². The second-order valence-electron chi connectivity index (χ2n) is 5.72. The van der Waals surface area contributed by atoms with E-state index in [1.807, 2.05) is 0 Å². The molecular weight excluding hydrogens is 216 g/mol. The van der Waals surface area contributed by atoms with Crippen LogP contribution in [0.15, 0.2) is 0 Å². The van der Waals surface area contributed by atoms with Gasteiger partial charge in [0.1, 0.15) is 0 Å². The number of nitrogens with zero attached hydrogens (tertiary/aromatic N) is 1. The fraction of sp³-hybridized carbons (Fsp3) is 1.00. The van der Waals surface area contributed by atoms with E-state index in [4.69, 9.17) is 0 Å². The van der Waals surface area contributed by atoms with Crippen LogP contribution in [0, 0.1) is 0 Å². The highest BCUT2D eigenvalue weighted by molar-refractivity contribution is 7.99. The summed E-state index contributed by atoms with van der Waals surface area (Å²) in [4.78, 5) is 2.68.